The molecule has 1 aromatic rings. The number of H-pyrrole nitrogens is 1. The van der Waals surface area contributed by atoms with Crippen molar-refractivity contribution in [2.45, 2.75) is 0 Å². The Labute approximate surface area is 101 Å². The second-order valence-corrected chi connectivity index (χ2v) is 6.45. The summed E-state index contributed by atoms with van der Waals surface area (Å²) in [5.41, 5.74) is 5.42. The van der Waals surface area contributed by atoms with Crippen molar-refractivity contribution >= 4 is 31.7 Å². The number of nitrogens with two attached hydrogens (primary N) is 1. The lowest BCUT2D eigenvalue weighted by Gasteiger charge is -2.00. The molecule has 0 amide bonds. The van der Waals surface area contributed by atoms with E-state index in [0.717, 1.165) is 6.29 Å². The number of aromatic amines is 1. The second-order valence-electron chi connectivity index (χ2n) is 3.11. The Bertz CT molecular complexity index is 318. The van der Waals surface area contributed by atoms with E-state index in [1.807, 2.05) is 0 Å². The maximum atomic E-state index is 5.53. The second kappa shape index (κ2) is 7.31. The summed E-state index contributed by atoms with van der Waals surface area (Å²) in [5.74, 6) is 0. The van der Waals surface area contributed by atoms with Crippen molar-refractivity contribution in [1.29, 1.82) is 0 Å². The van der Waals surface area contributed by atoms with Gasteiger partial charge in [0.1, 0.15) is 4.64 Å². The monoisotopic (exact) mass is 263 g/mol. The van der Waals surface area contributed by atoms with E-state index in [1.54, 1.807) is 18.3 Å². The first-order chi connectivity index (χ1) is 7.22. The van der Waals surface area contributed by atoms with Gasteiger partial charge in [-0.25, -0.2) is 0 Å². The third kappa shape index (κ3) is 5.59. The van der Waals surface area contributed by atoms with Crippen LogP contribution in [0.4, 0.5) is 0 Å². The van der Waals surface area contributed by atoms with E-state index in [4.69, 9.17) is 29.6 Å². The van der Waals surface area contributed by atoms with Crippen molar-refractivity contribution in [2.24, 2.45) is 5.73 Å². The van der Waals surface area contributed by atoms with Crippen LogP contribution in [0.5, 0.6) is 0 Å². The predicted molar refractivity (Wildman–Crippen MR) is 70.3 cm³/mol. The molecule has 0 aliphatic carbocycles. The van der Waals surface area contributed by atoms with E-state index in [9.17, 15) is 0 Å². The summed E-state index contributed by atoms with van der Waals surface area (Å²) in [6, 6.07) is 3.50. The van der Waals surface area contributed by atoms with Gasteiger partial charge in [0.15, 0.2) is 0 Å². The Hall–Kier alpha value is 0.0100. The molecule has 1 aliphatic heterocycles. The first-order valence-corrected chi connectivity index (χ1v) is 7.38. The molecule has 1 aliphatic rings. The number of rotatable bonds is 1. The van der Waals surface area contributed by atoms with Crippen molar-refractivity contribution in [3.8, 4) is 0 Å². The van der Waals surface area contributed by atoms with Gasteiger partial charge in [-0.1, -0.05) is 31.7 Å². The first-order valence-electron chi connectivity index (χ1n) is 4.70. The Kier molecular flexibility index (Phi) is 6.37. The summed E-state index contributed by atoms with van der Waals surface area (Å²) in [6.07, 6.45) is 5.11. The molecule has 1 unspecified atom stereocenters. The normalized spacial score (nSPS) is 19.5. The van der Waals surface area contributed by atoms with Crippen molar-refractivity contribution < 1.29 is 0 Å². The van der Waals surface area contributed by atoms with Crippen LogP contribution in [0.1, 0.15) is 0 Å². The molecular weight excluding hydrogens is 249 g/mol. The number of hydrogen-bond donors (Lipinski definition) is 3. The molecular formula is C9H15ClN3PS. The molecule has 0 radical (unpaired) electrons. The molecule has 1 aromatic heterocycles. The topological polar surface area (TPSA) is 53.8 Å². The summed E-state index contributed by atoms with van der Waals surface area (Å²) in [6.45, 7) is 1.20. The highest BCUT2D eigenvalue weighted by atomic mass is 35.5. The molecule has 2 rings (SSSR count). The lowest BCUT2D eigenvalue weighted by atomic mass is 10.5. The summed E-state index contributed by atoms with van der Waals surface area (Å²) < 4.78 is 0.703. The number of aromatic nitrogens is 1. The lowest BCUT2D eigenvalue weighted by Crippen LogP contribution is -2.05. The quantitative estimate of drug-likeness (QED) is 0.539. The molecule has 84 valence electrons. The minimum Gasteiger partial charge on any atom is -0.351 e. The van der Waals surface area contributed by atoms with E-state index in [-0.39, 0.29) is 7.92 Å². The molecule has 6 heteroatoms. The van der Waals surface area contributed by atoms with Crippen LogP contribution >= 0.6 is 31.7 Å². The third-order valence-electron chi connectivity index (χ3n) is 1.94. The molecule has 1 fully saturated rings. The van der Waals surface area contributed by atoms with Crippen molar-refractivity contribution in [2.75, 3.05) is 25.3 Å². The van der Waals surface area contributed by atoms with E-state index >= 15 is 0 Å². The zero-order valence-electron chi connectivity index (χ0n) is 8.37. The van der Waals surface area contributed by atoms with Crippen LogP contribution in [-0.2, 0) is 0 Å². The summed E-state index contributed by atoms with van der Waals surface area (Å²) in [4.78, 5) is 2.78. The van der Waals surface area contributed by atoms with E-state index in [0.29, 0.717) is 9.66 Å². The van der Waals surface area contributed by atoms with Crippen LogP contribution in [0.3, 0.4) is 0 Å². The molecule has 0 aromatic carbocycles. The van der Waals surface area contributed by atoms with Crippen molar-refractivity contribution in [3.63, 3.8) is 0 Å². The van der Waals surface area contributed by atoms with Gasteiger partial charge in [-0.15, -0.1) is 0 Å². The van der Waals surface area contributed by atoms with E-state index < -0.39 is 0 Å². The highest BCUT2D eigenvalue weighted by Crippen LogP contribution is 2.33. The number of nitrogens with one attached hydrogen (secondary N) is 2. The minimum absolute atomic E-state index is 0.224. The van der Waals surface area contributed by atoms with Gasteiger partial charge >= 0.3 is 0 Å². The average Bonchev–Trinajstić information content (AvgIpc) is 2.76. The van der Waals surface area contributed by atoms with Crippen LogP contribution in [0, 0.1) is 4.64 Å². The Morgan fingerprint density at radius 3 is 2.67 bits per heavy atom. The lowest BCUT2D eigenvalue weighted by molar-refractivity contribution is 0.884. The minimum atomic E-state index is 0.224. The molecule has 4 N–H and O–H groups in total. The zero-order valence-corrected chi connectivity index (χ0v) is 10.8. The molecule has 1 atom stereocenters. The summed E-state index contributed by atoms with van der Waals surface area (Å²) >= 11 is 10.3. The van der Waals surface area contributed by atoms with Gasteiger partial charge in [-0.2, -0.15) is 0 Å². The van der Waals surface area contributed by atoms with Crippen molar-refractivity contribution in [3.05, 3.63) is 28.0 Å². The van der Waals surface area contributed by atoms with Gasteiger partial charge in [-0.3, -0.25) is 0 Å². The average molecular weight is 264 g/mol. The largest absolute Gasteiger partial charge is 0.351 e. The van der Waals surface area contributed by atoms with Crippen LogP contribution < -0.4 is 11.1 Å². The SMILES string of the molecule is NCP1CCNC1.S=c1ccc(Cl)c[nH]1. The Balaban J connectivity index is 0.000000151. The number of halogens is 1. The van der Waals surface area contributed by atoms with Crippen LogP contribution in [0.25, 0.3) is 0 Å². The Morgan fingerprint density at radius 2 is 2.33 bits per heavy atom. The highest BCUT2D eigenvalue weighted by molar-refractivity contribution is 7.71. The maximum Gasteiger partial charge on any atom is 0.103 e. The molecule has 0 spiro atoms. The smallest absolute Gasteiger partial charge is 0.103 e. The van der Waals surface area contributed by atoms with Gasteiger partial charge in [-0.05, 0) is 24.8 Å². The fourth-order valence-corrected chi connectivity index (χ4v) is 2.76. The van der Waals surface area contributed by atoms with Crippen LogP contribution in [0.2, 0.25) is 5.02 Å². The van der Waals surface area contributed by atoms with E-state index in [1.165, 1.54) is 19.0 Å². The van der Waals surface area contributed by atoms with Crippen molar-refractivity contribution in [1.82, 2.24) is 10.3 Å². The molecule has 0 bridgehead atoms. The molecule has 3 nitrogen and oxygen atoms in total. The summed E-state index contributed by atoms with van der Waals surface area (Å²) in [7, 11) is 0.224. The molecule has 2 heterocycles. The fourth-order valence-electron chi connectivity index (χ4n) is 1.10. The predicted octanol–water partition coefficient (Wildman–Crippen LogP) is 2.34. The van der Waals surface area contributed by atoms with Gasteiger partial charge in [0, 0.05) is 18.8 Å². The number of pyridine rings is 1. The molecule has 1 saturated heterocycles. The first kappa shape index (κ1) is 13.1. The zero-order chi connectivity index (χ0) is 11.1. The highest BCUT2D eigenvalue weighted by Gasteiger charge is 2.09. The summed E-state index contributed by atoms with van der Waals surface area (Å²) in [5, 5.41) is 3.95. The molecule has 15 heavy (non-hydrogen) atoms. The maximum absolute atomic E-state index is 5.53. The Morgan fingerprint density at radius 1 is 1.53 bits per heavy atom. The van der Waals surface area contributed by atoms with Gasteiger partial charge in [0.25, 0.3) is 0 Å². The fraction of sp³-hybridized carbons (Fsp3) is 0.444. The van der Waals surface area contributed by atoms with E-state index in [2.05, 4.69) is 10.3 Å². The standard InChI is InChI=1S/C5H4ClNS.C4H11N2P/c6-4-1-2-5(8)7-3-4;5-3-7-2-1-6-4-7/h1-3H,(H,7,8);6H,1-5H2. The third-order valence-corrected chi connectivity index (χ3v) is 4.48. The molecule has 0 saturated carbocycles. The number of hydrogen-bond acceptors (Lipinski definition) is 3. The van der Waals surface area contributed by atoms with Gasteiger partial charge in [0.2, 0.25) is 0 Å². The van der Waals surface area contributed by atoms with Gasteiger partial charge in [0.05, 0.1) is 5.02 Å². The van der Waals surface area contributed by atoms with Crippen LogP contribution in [-0.4, -0.2) is 30.3 Å². The van der Waals surface area contributed by atoms with Crippen LogP contribution in [0.15, 0.2) is 18.3 Å². The van der Waals surface area contributed by atoms with Gasteiger partial charge < -0.3 is 16.0 Å².